The number of rotatable bonds is 7. The molecule has 3 aromatic rings. The second-order valence-corrected chi connectivity index (χ2v) is 11.8. The van der Waals surface area contributed by atoms with Crippen molar-refractivity contribution in [3.8, 4) is 6.07 Å². The van der Waals surface area contributed by atoms with Crippen LogP contribution in [0, 0.1) is 11.3 Å². The monoisotopic (exact) mass is 584 g/mol. The Morgan fingerprint density at radius 2 is 1.98 bits per heavy atom. The third-order valence-corrected chi connectivity index (χ3v) is 9.26. The van der Waals surface area contributed by atoms with Crippen molar-refractivity contribution in [3.63, 3.8) is 0 Å². The third kappa shape index (κ3) is 5.49. The summed E-state index contributed by atoms with van der Waals surface area (Å²) in [6.45, 7) is 8.71. The van der Waals surface area contributed by atoms with Gasteiger partial charge in [-0.1, -0.05) is 42.4 Å². The third-order valence-electron chi connectivity index (χ3n) is 8.95. The Hall–Kier alpha value is -3.87. The highest BCUT2D eigenvalue weighted by Gasteiger charge is 2.33. The molecule has 0 unspecified atom stereocenters. The van der Waals surface area contributed by atoms with Crippen molar-refractivity contribution in [3.05, 3.63) is 65.3 Å². The standard InChI is InChI=1S/C32H37ClN8O/c1-3-29(42)41-18-17-40(20-24(41)12-14-34)31-25-13-16-39(28-11-5-8-22-7-4-10-26(33)30(22)28)21-27(25)36-32(37-31)35-19-23-9-6-15-38(23)2/h3-5,7-8,10-11,23-24H,1,6,9,12-13,15-21H2,2H3,(H,35,36,37)/t23-,24-/m0/s1. The van der Waals surface area contributed by atoms with E-state index in [0.29, 0.717) is 38.2 Å². The normalized spacial score (nSPS) is 20.8. The molecule has 0 spiro atoms. The average Bonchev–Trinajstić information content (AvgIpc) is 3.43. The summed E-state index contributed by atoms with van der Waals surface area (Å²) in [6.07, 6.45) is 4.74. The van der Waals surface area contributed by atoms with Gasteiger partial charge in [0, 0.05) is 55.4 Å². The van der Waals surface area contributed by atoms with Crippen LogP contribution >= 0.6 is 11.6 Å². The summed E-state index contributed by atoms with van der Waals surface area (Å²) < 4.78 is 0. The number of halogens is 1. The van der Waals surface area contributed by atoms with Gasteiger partial charge >= 0.3 is 0 Å². The van der Waals surface area contributed by atoms with Gasteiger partial charge in [-0.2, -0.15) is 10.2 Å². The molecule has 0 saturated carbocycles. The van der Waals surface area contributed by atoms with Crippen LogP contribution < -0.4 is 15.1 Å². The van der Waals surface area contributed by atoms with Gasteiger partial charge in [-0.25, -0.2) is 4.98 Å². The summed E-state index contributed by atoms with van der Waals surface area (Å²) >= 11 is 6.70. The second kappa shape index (κ2) is 12.2. The lowest BCUT2D eigenvalue weighted by Crippen LogP contribution is -2.55. The van der Waals surface area contributed by atoms with Gasteiger partial charge < -0.3 is 24.9 Å². The van der Waals surface area contributed by atoms with Gasteiger partial charge in [0.2, 0.25) is 11.9 Å². The van der Waals surface area contributed by atoms with Crippen molar-refractivity contribution in [1.82, 2.24) is 19.8 Å². The predicted molar refractivity (Wildman–Crippen MR) is 168 cm³/mol. The fourth-order valence-corrected chi connectivity index (χ4v) is 6.96. The van der Waals surface area contributed by atoms with E-state index in [1.807, 2.05) is 12.1 Å². The predicted octanol–water partition coefficient (Wildman–Crippen LogP) is 4.47. The fourth-order valence-electron chi connectivity index (χ4n) is 6.68. The topological polar surface area (TPSA) is 91.6 Å². The minimum atomic E-state index is -0.221. The van der Waals surface area contributed by atoms with Gasteiger partial charge in [-0.15, -0.1) is 0 Å². The molecule has 2 fully saturated rings. The maximum atomic E-state index is 12.5. The van der Waals surface area contributed by atoms with Crippen molar-refractivity contribution in [2.75, 3.05) is 61.4 Å². The number of likely N-dealkylation sites (N-methyl/N-ethyl adjacent to an activating group) is 1. The molecule has 4 heterocycles. The quantitative estimate of drug-likeness (QED) is 0.407. The Labute approximate surface area is 252 Å². The first kappa shape index (κ1) is 28.3. The molecular weight excluding hydrogens is 548 g/mol. The second-order valence-electron chi connectivity index (χ2n) is 11.4. The highest BCUT2D eigenvalue weighted by Crippen LogP contribution is 2.37. The number of piperazine rings is 1. The maximum Gasteiger partial charge on any atom is 0.246 e. The number of likely N-dealkylation sites (tertiary alicyclic amines) is 1. The molecule has 1 amide bonds. The van der Waals surface area contributed by atoms with E-state index in [9.17, 15) is 10.1 Å². The van der Waals surface area contributed by atoms with Crippen LogP contribution in [-0.2, 0) is 17.8 Å². The SMILES string of the molecule is C=CC(=O)N1CCN(c2nc(NC[C@@H]3CCCN3C)nc3c2CCN(c2cccc4cccc(Cl)c24)C3)C[C@@H]1CC#N. The largest absolute Gasteiger partial charge is 0.365 e. The number of nitriles is 1. The number of fused-ring (bicyclic) bond motifs is 2. The van der Waals surface area contributed by atoms with Crippen molar-refractivity contribution < 1.29 is 4.79 Å². The van der Waals surface area contributed by atoms with Crippen molar-refractivity contribution in [1.29, 1.82) is 5.26 Å². The van der Waals surface area contributed by atoms with Crippen LogP contribution in [0.3, 0.4) is 0 Å². The lowest BCUT2D eigenvalue weighted by Gasteiger charge is -2.42. The van der Waals surface area contributed by atoms with Crippen molar-refractivity contribution >= 4 is 45.7 Å². The molecule has 1 N–H and O–H groups in total. The molecule has 6 rings (SSSR count). The highest BCUT2D eigenvalue weighted by molar-refractivity contribution is 6.36. The summed E-state index contributed by atoms with van der Waals surface area (Å²) in [5.74, 6) is 1.40. The first-order chi connectivity index (χ1) is 20.5. The molecule has 2 atom stereocenters. The van der Waals surface area contributed by atoms with Crippen LogP contribution in [0.2, 0.25) is 5.02 Å². The van der Waals surface area contributed by atoms with Crippen LogP contribution in [0.5, 0.6) is 0 Å². The first-order valence-corrected chi connectivity index (χ1v) is 15.2. The molecule has 10 heteroatoms. The zero-order chi connectivity index (χ0) is 29.2. The zero-order valence-electron chi connectivity index (χ0n) is 24.1. The number of carbonyl (C=O) groups excluding carboxylic acids is 1. The van der Waals surface area contributed by atoms with E-state index >= 15 is 0 Å². The van der Waals surface area contributed by atoms with E-state index in [1.165, 1.54) is 12.5 Å². The molecule has 3 aliphatic heterocycles. The van der Waals surface area contributed by atoms with Gasteiger partial charge in [-0.3, -0.25) is 4.79 Å². The van der Waals surface area contributed by atoms with Crippen LogP contribution in [0.25, 0.3) is 10.8 Å². The van der Waals surface area contributed by atoms with Gasteiger partial charge in [-0.05, 0) is 56.4 Å². The van der Waals surface area contributed by atoms with Crippen LogP contribution in [0.1, 0.15) is 30.5 Å². The van der Waals surface area contributed by atoms with Crippen LogP contribution in [0.15, 0.2) is 49.1 Å². The molecule has 2 aromatic carbocycles. The summed E-state index contributed by atoms with van der Waals surface area (Å²) in [5, 5.41) is 16.0. The number of amides is 1. The molecule has 0 aliphatic carbocycles. The summed E-state index contributed by atoms with van der Waals surface area (Å²) in [6, 6.07) is 14.8. The van der Waals surface area contributed by atoms with E-state index < -0.39 is 0 Å². The Morgan fingerprint density at radius 3 is 2.74 bits per heavy atom. The van der Waals surface area contributed by atoms with Gasteiger partial charge in [0.1, 0.15) is 5.82 Å². The number of anilines is 3. The lowest BCUT2D eigenvalue weighted by molar-refractivity contribution is -0.128. The number of carbonyl (C=O) groups is 1. The molecule has 218 valence electrons. The summed E-state index contributed by atoms with van der Waals surface area (Å²) in [7, 11) is 2.17. The Balaban J connectivity index is 1.34. The summed E-state index contributed by atoms with van der Waals surface area (Å²) in [5.41, 5.74) is 3.25. The molecule has 9 nitrogen and oxygen atoms in total. The van der Waals surface area contributed by atoms with E-state index in [2.05, 4.69) is 64.0 Å². The smallest absolute Gasteiger partial charge is 0.246 e. The van der Waals surface area contributed by atoms with Gasteiger partial charge in [0.05, 0.1) is 35.8 Å². The number of hydrogen-bond acceptors (Lipinski definition) is 8. The van der Waals surface area contributed by atoms with Crippen molar-refractivity contribution in [2.45, 2.75) is 44.3 Å². The maximum absolute atomic E-state index is 12.5. The molecule has 0 radical (unpaired) electrons. The highest BCUT2D eigenvalue weighted by atomic mass is 35.5. The molecule has 0 bridgehead atoms. The lowest BCUT2D eigenvalue weighted by atomic mass is 10.0. The molecule has 42 heavy (non-hydrogen) atoms. The molecule has 2 saturated heterocycles. The number of nitrogens with one attached hydrogen (secondary N) is 1. The number of nitrogens with zero attached hydrogens (tertiary/aromatic N) is 7. The fraction of sp³-hybridized carbons (Fsp3) is 0.438. The minimum Gasteiger partial charge on any atom is -0.365 e. The van der Waals surface area contributed by atoms with Gasteiger partial charge in [0.15, 0.2) is 0 Å². The zero-order valence-corrected chi connectivity index (χ0v) is 24.9. The van der Waals surface area contributed by atoms with E-state index in [-0.39, 0.29) is 18.4 Å². The van der Waals surface area contributed by atoms with Crippen LogP contribution in [-0.4, -0.2) is 84.1 Å². The summed E-state index contributed by atoms with van der Waals surface area (Å²) in [4.78, 5) is 31.4. The van der Waals surface area contributed by atoms with E-state index in [1.54, 1.807) is 4.90 Å². The Bertz CT molecular complexity index is 1530. The Morgan fingerprint density at radius 1 is 1.14 bits per heavy atom. The van der Waals surface area contributed by atoms with Crippen LogP contribution in [0.4, 0.5) is 17.5 Å². The number of benzene rings is 2. The molecular formula is C32H37ClN8O. The molecule has 3 aliphatic rings. The van der Waals surface area contributed by atoms with E-state index in [4.69, 9.17) is 21.6 Å². The molecule has 1 aromatic heterocycles. The number of aromatic nitrogens is 2. The Kier molecular flexibility index (Phi) is 8.18. The average molecular weight is 585 g/mol. The van der Waals surface area contributed by atoms with E-state index in [0.717, 1.165) is 71.0 Å². The van der Waals surface area contributed by atoms with Crippen molar-refractivity contribution in [2.24, 2.45) is 0 Å². The first-order valence-electron chi connectivity index (χ1n) is 14.8. The minimum absolute atomic E-state index is 0.132. The van der Waals surface area contributed by atoms with Gasteiger partial charge in [0.25, 0.3) is 0 Å². The number of hydrogen-bond donors (Lipinski definition) is 1.